The van der Waals surface area contributed by atoms with Gasteiger partial charge in [0.15, 0.2) is 11.9 Å². The van der Waals surface area contributed by atoms with Gasteiger partial charge in [0.1, 0.15) is 6.61 Å². The third-order valence-electron chi connectivity index (χ3n) is 3.16. The summed E-state index contributed by atoms with van der Waals surface area (Å²) in [7, 11) is 0. The smallest absolute Gasteiger partial charge is 0.340 e. The molecule has 0 aromatic carbocycles. The second kappa shape index (κ2) is 3.27. The number of pyridine rings is 1. The first-order valence-electron chi connectivity index (χ1n) is 5.24. The number of aliphatic hydroxyl groups excluding tert-OH is 1. The van der Waals surface area contributed by atoms with Gasteiger partial charge in [-0.15, -0.1) is 0 Å². The van der Waals surface area contributed by atoms with E-state index in [1.54, 1.807) is 0 Å². The third kappa shape index (κ3) is 1.27. The Morgan fingerprint density at radius 2 is 2.12 bits per heavy atom. The van der Waals surface area contributed by atoms with E-state index < -0.39 is 12.1 Å². The van der Waals surface area contributed by atoms with E-state index in [1.165, 1.54) is 10.6 Å². The quantitative estimate of drug-likeness (QED) is 0.614. The lowest BCUT2D eigenvalue weighted by Crippen LogP contribution is -2.33. The number of carbonyl (C=O) groups excluding carboxylic acids is 2. The highest BCUT2D eigenvalue weighted by Gasteiger charge is 2.33. The summed E-state index contributed by atoms with van der Waals surface area (Å²) >= 11 is 0. The Balaban J connectivity index is 2.30. The lowest BCUT2D eigenvalue weighted by molar-refractivity contribution is -0.157. The summed E-state index contributed by atoms with van der Waals surface area (Å²) in [5, 5.41) is 9.64. The molecule has 1 aromatic rings. The second-order valence-corrected chi connectivity index (χ2v) is 4.10. The molecular formula is C11H9NO5. The fourth-order valence-corrected chi connectivity index (χ4v) is 2.24. The van der Waals surface area contributed by atoms with Gasteiger partial charge < -0.3 is 14.4 Å². The monoisotopic (exact) mass is 235 g/mol. The van der Waals surface area contributed by atoms with E-state index in [0.717, 1.165) is 0 Å². The van der Waals surface area contributed by atoms with E-state index in [-0.39, 0.29) is 41.2 Å². The molecule has 0 unspecified atom stereocenters. The number of hydrogen-bond acceptors (Lipinski definition) is 5. The van der Waals surface area contributed by atoms with Crippen LogP contribution in [0.25, 0.3) is 0 Å². The number of nitrogens with zero attached hydrogens (tertiary/aromatic N) is 1. The average molecular weight is 235 g/mol. The van der Waals surface area contributed by atoms with Crippen LogP contribution in [0.2, 0.25) is 0 Å². The number of Topliss-reactive ketones (excluding diaryl/α,β-unsaturated/α-hetero) is 1. The molecular weight excluding hydrogens is 226 g/mol. The largest absolute Gasteiger partial charge is 0.458 e. The van der Waals surface area contributed by atoms with Crippen LogP contribution in [0, 0.1) is 0 Å². The maximum atomic E-state index is 12.0. The molecule has 3 rings (SSSR count). The molecule has 0 aliphatic carbocycles. The minimum absolute atomic E-state index is 0.140. The van der Waals surface area contributed by atoms with Crippen LogP contribution in [0.4, 0.5) is 0 Å². The summed E-state index contributed by atoms with van der Waals surface area (Å²) in [5.74, 6) is -0.927. The van der Waals surface area contributed by atoms with Gasteiger partial charge in [0.05, 0.1) is 11.3 Å². The summed E-state index contributed by atoms with van der Waals surface area (Å²) in [4.78, 5) is 34.7. The Morgan fingerprint density at radius 1 is 1.35 bits per heavy atom. The molecule has 0 saturated heterocycles. The van der Waals surface area contributed by atoms with Gasteiger partial charge in [-0.25, -0.2) is 4.79 Å². The third-order valence-corrected chi connectivity index (χ3v) is 3.16. The molecule has 0 radical (unpaired) electrons. The molecule has 3 heterocycles. The number of hydrogen-bond donors (Lipinski definition) is 1. The van der Waals surface area contributed by atoms with Gasteiger partial charge in [-0.05, 0) is 6.07 Å². The number of carbonyl (C=O) groups is 2. The maximum absolute atomic E-state index is 12.0. The average Bonchev–Trinajstić information content (AvgIpc) is 2.67. The molecule has 0 saturated carbocycles. The first-order valence-corrected chi connectivity index (χ1v) is 5.24. The minimum atomic E-state index is -1.47. The zero-order valence-electron chi connectivity index (χ0n) is 8.80. The van der Waals surface area contributed by atoms with Crippen LogP contribution < -0.4 is 5.56 Å². The normalized spacial score (nSPS) is 22.1. The van der Waals surface area contributed by atoms with Crippen molar-refractivity contribution in [2.24, 2.45) is 0 Å². The van der Waals surface area contributed by atoms with E-state index in [4.69, 9.17) is 4.74 Å². The Kier molecular flexibility index (Phi) is 1.97. The molecule has 2 aliphatic rings. The molecule has 0 bridgehead atoms. The zero-order chi connectivity index (χ0) is 12.2. The number of esters is 1. The van der Waals surface area contributed by atoms with E-state index in [9.17, 15) is 19.5 Å². The Hall–Kier alpha value is -1.95. The molecule has 17 heavy (non-hydrogen) atoms. The summed E-state index contributed by atoms with van der Waals surface area (Å²) in [6, 6.07) is 1.43. The molecule has 1 aromatic heterocycles. The number of fused-ring (bicyclic) bond motifs is 2. The summed E-state index contributed by atoms with van der Waals surface area (Å²) < 4.78 is 6.06. The Morgan fingerprint density at radius 3 is 2.88 bits per heavy atom. The first kappa shape index (κ1) is 10.2. The highest BCUT2D eigenvalue weighted by atomic mass is 16.5. The van der Waals surface area contributed by atoms with Crippen LogP contribution in [0.15, 0.2) is 10.9 Å². The summed E-state index contributed by atoms with van der Waals surface area (Å²) in [6.45, 7) is 0.211. The van der Waals surface area contributed by atoms with Crippen LogP contribution in [0.5, 0.6) is 0 Å². The molecule has 1 N–H and O–H groups in total. The first-order chi connectivity index (χ1) is 8.09. The highest BCUT2D eigenvalue weighted by molar-refractivity contribution is 5.96. The van der Waals surface area contributed by atoms with Crippen LogP contribution >= 0.6 is 0 Å². The number of ketones is 1. The van der Waals surface area contributed by atoms with E-state index in [0.29, 0.717) is 6.54 Å². The van der Waals surface area contributed by atoms with Crippen molar-refractivity contribution in [1.82, 2.24) is 4.57 Å². The van der Waals surface area contributed by atoms with Crippen molar-refractivity contribution < 1.29 is 19.4 Å². The maximum Gasteiger partial charge on any atom is 0.340 e. The van der Waals surface area contributed by atoms with Crippen LogP contribution in [0.3, 0.4) is 0 Å². The van der Waals surface area contributed by atoms with E-state index in [2.05, 4.69) is 0 Å². The molecule has 0 fully saturated rings. The van der Waals surface area contributed by atoms with Gasteiger partial charge in [0.2, 0.25) is 0 Å². The van der Waals surface area contributed by atoms with Gasteiger partial charge >= 0.3 is 5.97 Å². The van der Waals surface area contributed by atoms with Gasteiger partial charge in [0, 0.05) is 18.5 Å². The van der Waals surface area contributed by atoms with E-state index in [1.807, 2.05) is 0 Å². The van der Waals surface area contributed by atoms with Crippen molar-refractivity contribution in [2.75, 3.05) is 0 Å². The lowest BCUT2D eigenvalue weighted by Gasteiger charge is -2.21. The van der Waals surface area contributed by atoms with Gasteiger partial charge in [-0.2, -0.15) is 0 Å². The molecule has 0 spiro atoms. The van der Waals surface area contributed by atoms with E-state index >= 15 is 0 Å². The van der Waals surface area contributed by atoms with Gasteiger partial charge in [-0.1, -0.05) is 0 Å². The predicted octanol–water partition coefficient (Wildman–Crippen LogP) is -0.475. The van der Waals surface area contributed by atoms with Crippen LogP contribution in [-0.4, -0.2) is 21.4 Å². The standard InChI is InChI=1S/C11H9NO5/c13-8-1-2-12-7(8)3-5-6(10(12)15)4-17-11(16)9(5)14/h3,9,14H,1-2,4H2/t9-/m0/s1. The van der Waals surface area contributed by atoms with Gasteiger partial charge in [-0.3, -0.25) is 9.59 Å². The molecule has 6 heteroatoms. The van der Waals surface area contributed by atoms with Crippen LogP contribution in [0.1, 0.15) is 34.1 Å². The zero-order valence-corrected chi connectivity index (χ0v) is 8.80. The van der Waals surface area contributed by atoms with Gasteiger partial charge in [0.25, 0.3) is 5.56 Å². The molecule has 1 atom stereocenters. The number of ether oxygens (including phenoxy) is 1. The van der Waals surface area contributed by atoms with Crippen molar-refractivity contribution in [3.05, 3.63) is 33.2 Å². The second-order valence-electron chi connectivity index (χ2n) is 4.10. The molecule has 2 aliphatic heterocycles. The Labute approximate surface area is 95.4 Å². The van der Waals surface area contributed by atoms with Crippen molar-refractivity contribution in [3.8, 4) is 0 Å². The van der Waals surface area contributed by atoms with Crippen molar-refractivity contribution in [2.45, 2.75) is 25.7 Å². The number of aromatic nitrogens is 1. The summed E-state index contributed by atoms with van der Waals surface area (Å²) in [5.41, 5.74) is 0.376. The van der Waals surface area contributed by atoms with Crippen molar-refractivity contribution in [1.29, 1.82) is 0 Å². The fraction of sp³-hybridized carbons (Fsp3) is 0.364. The number of rotatable bonds is 0. The number of aliphatic hydroxyl groups is 1. The molecule has 6 nitrogen and oxygen atoms in total. The SMILES string of the molecule is O=C1CCn2c1cc1c(c2=O)COC(=O)[C@H]1O. The van der Waals surface area contributed by atoms with Crippen molar-refractivity contribution >= 4 is 11.8 Å². The predicted molar refractivity (Wildman–Crippen MR) is 54.4 cm³/mol. The summed E-state index contributed by atoms with van der Waals surface area (Å²) in [6.07, 6.45) is -1.19. The lowest BCUT2D eigenvalue weighted by atomic mass is 10.0. The fourth-order valence-electron chi connectivity index (χ4n) is 2.24. The molecule has 88 valence electrons. The topological polar surface area (TPSA) is 85.6 Å². The Bertz CT molecular complexity index is 601. The highest BCUT2D eigenvalue weighted by Crippen LogP contribution is 2.26. The minimum Gasteiger partial charge on any atom is -0.458 e. The number of cyclic esters (lactones) is 1. The van der Waals surface area contributed by atoms with Crippen LogP contribution in [-0.2, 0) is 22.7 Å². The van der Waals surface area contributed by atoms with Crippen molar-refractivity contribution in [3.63, 3.8) is 0 Å². The molecule has 0 amide bonds.